The van der Waals surface area contributed by atoms with Crippen molar-refractivity contribution in [1.29, 1.82) is 0 Å². The Labute approximate surface area is 109 Å². The average molecular weight is 240 g/mol. The minimum absolute atomic E-state index is 1.04. The van der Waals surface area contributed by atoms with Crippen molar-refractivity contribution >= 4 is 0 Å². The van der Waals surface area contributed by atoms with Crippen LogP contribution in [-0.4, -0.2) is 9.97 Å². The molecule has 1 aromatic carbocycles. The third-order valence-corrected chi connectivity index (χ3v) is 3.10. The third kappa shape index (κ3) is 2.76. The van der Waals surface area contributed by atoms with E-state index >= 15 is 0 Å². The zero-order chi connectivity index (χ0) is 12.8. The Balaban J connectivity index is 2.47. The minimum atomic E-state index is 1.04. The standard InChI is InChI=1S/C16H20N2/c1-3-7-13-9-5-6-10-15(13)16-14(8-4-2)11-17-12-18-16/h5-6,9-12H,3-4,7-8H2,1-2H3. The number of aryl methyl sites for hydroxylation is 2. The molecule has 0 atom stereocenters. The monoisotopic (exact) mass is 240 g/mol. The molecule has 0 fully saturated rings. The summed E-state index contributed by atoms with van der Waals surface area (Å²) in [5.74, 6) is 0. The number of nitrogens with zero attached hydrogens (tertiary/aromatic N) is 2. The van der Waals surface area contributed by atoms with Gasteiger partial charge in [-0.2, -0.15) is 0 Å². The Morgan fingerprint density at radius 2 is 1.67 bits per heavy atom. The fraction of sp³-hybridized carbons (Fsp3) is 0.375. The first-order chi connectivity index (χ1) is 8.86. The molecule has 0 spiro atoms. The molecule has 1 aromatic heterocycles. The maximum absolute atomic E-state index is 4.50. The second kappa shape index (κ2) is 6.29. The van der Waals surface area contributed by atoms with Crippen molar-refractivity contribution in [3.05, 3.63) is 47.9 Å². The lowest BCUT2D eigenvalue weighted by Gasteiger charge is -2.11. The van der Waals surface area contributed by atoms with E-state index in [0.29, 0.717) is 0 Å². The molecule has 0 aliphatic rings. The Morgan fingerprint density at radius 3 is 2.44 bits per heavy atom. The van der Waals surface area contributed by atoms with Crippen molar-refractivity contribution in [3.63, 3.8) is 0 Å². The molecular weight excluding hydrogens is 220 g/mol. The van der Waals surface area contributed by atoms with Gasteiger partial charge < -0.3 is 0 Å². The molecule has 94 valence electrons. The molecule has 2 nitrogen and oxygen atoms in total. The van der Waals surface area contributed by atoms with E-state index in [-0.39, 0.29) is 0 Å². The summed E-state index contributed by atoms with van der Waals surface area (Å²) in [6.07, 6.45) is 8.02. The molecule has 2 aromatic rings. The van der Waals surface area contributed by atoms with Crippen LogP contribution in [0.15, 0.2) is 36.8 Å². The van der Waals surface area contributed by atoms with Gasteiger partial charge in [-0.15, -0.1) is 0 Å². The van der Waals surface area contributed by atoms with Gasteiger partial charge in [0.2, 0.25) is 0 Å². The summed E-state index contributed by atoms with van der Waals surface area (Å²) in [6.45, 7) is 4.40. The van der Waals surface area contributed by atoms with Crippen molar-refractivity contribution in [2.24, 2.45) is 0 Å². The zero-order valence-electron chi connectivity index (χ0n) is 11.2. The summed E-state index contributed by atoms with van der Waals surface area (Å²) < 4.78 is 0. The largest absolute Gasteiger partial charge is 0.244 e. The van der Waals surface area contributed by atoms with Gasteiger partial charge in [0, 0.05) is 11.8 Å². The van der Waals surface area contributed by atoms with E-state index < -0.39 is 0 Å². The molecule has 0 saturated heterocycles. The van der Waals surface area contributed by atoms with Crippen LogP contribution in [-0.2, 0) is 12.8 Å². The lowest BCUT2D eigenvalue weighted by atomic mass is 9.97. The first kappa shape index (κ1) is 12.7. The predicted molar refractivity (Wildman–Crippen MR) is 75.5 cm³/mol. The second-order valence-electron chi connectivity index (χ2n) is 4.55. The summed E-state index contributed by atoms with van der Waals surface area (Å²) in [5.41, 5.74) is 5.01. The van der Waals surface area contributed by atoms with Crippen LogP contribution >= 0.6 is 0 Å². The molecule has 0 aliphatic heterocycles. The van der Waals surface area contributed by atoms with E-state index in [0.717, 1.165) is 31.4 Å². The number of hydrogen-bond acceptors (Lipinski definition) is 2. The summed E-state index contributed by atoms with van der Waals surface area (Å²) in [7, 11) is 0. The molecule has 2 heteroatoms. The van der Waals surface area contributed by atoms with E-state index in [9.17, 15) is 0 Å². The summed E-state index contributed by atoms with van der Waals surface area (Å²) in [5, 5.41) is 0. The highest BCUT2D eigenvalue weighted by Gasteiger charge is 2.09. The van der Waals surface area contributed by atoms with Crippen LogP contribution in [0.25, 0.3) is 11.3 Å². The molecule has 1 heterocycles. The molecule has 0 N–H and O–H groups in total. The minimum Gasteiger partial charge on any atom is -0.244 e. The Morgan fingerprint density at radius 1 is 0.944 bits per heavy atom. The van der Waals surface area contributed by atoms with Gasteiger partial charge in [-0.25, -0.2) is 9.97 Å². The Kier molecular flexibility index (Phi) is 4.46. The Hall–Kier alpha value is -1.70. The highest BCUT2D eigenvalue weighted by Crippen LogP contribution is 2.26. The van der Waals surface area contributed by atoms with Gasteiger partial charge in [-0.1, -0.05) is 51.0 Å². The molecule has 0 saturated carbocycles. The first-order valence-corrected chi connectivity index (χ1v) is 6.74. The summed E-state index contributed by atoms with van der Waals surface area (Å²) >= 11 is 0. The third-order valence-electron chi connectivity index (χ3n) is 3.10. The van der Waals surface area contributed by atoms with Gasteiger partial charge in [0.15, 0.2) is 0 Å². The highest BCUT2D eigenvalue weighted by molar-refractivity contribution is 5.66. The van der Waals surface area contributed by atoms with E-state index in [4.69, 9.17) is 0 Å². The maximum Gasteiger partial charge on any atom is 0.116 e. The maximum atomic E-state index is 4.50. The smallest absolute Gasteiger partial charge is 0.116 e. The van der Waals surface area contributed by atoms with Crippen LogP contribution in [0.1, 0.15) is 37.8 Å². The van der Waals surface area contributed by atoms with Gasteiger partial charge in [0.25, 0.3) is 0 Å². The van der Waals surface area contributed by atoms with Crippen molar-refractivity contribution in [3.8, 4) is 11.3 Å². The number of benzene rings is 1. The lowest BCUT2D eigenvalue weighted by Crippen LogP contribution is -1.97. The zero-order valence-corrected chi connectivity index (χ0v) is 11.2. The summed E-state index contributed by atoms with van der Waals surface area (Å²) in [6, 6.07) is 8.57. The summed E-state index contributed by atoms with van der Waals surface area (Å²) in [4.78, 5) is 8.65. The van der Waals surface area contributed by atoms with E-state index in [1.165, 1.54) is 16.7 Å². The second-order valence-corrected chi connectivity index (χ2v) is 4.55. The molecule has 0 aliphatic carbocycles. The predicted octanol–water partition coefficient (Wildman–Crippen LogP) is 4.05. The highest BCUT2D eigenvalue weighted by atomic mass is 14.8. The lowest BCUT2D eigenvalue weighted by molar-refractivity contribution is 0.897. The van der Waals surface area contributed by atoms with Gasteiger partial charge in [-0.3, -0.25) is 0 Å². The van der Waals surface area contributed by atoms with Crippen LogP contribution in [0.5, 0.6) is 0 Å². The number of hydrogen-bond donors (Lipinski definition) is 0. The van der Waals surface area contributed by atoms with Crippen molar-refractivity contribution in [2.45, 2.75) is 39.5 Å². The molecule has 2 rings (SSSR count). The molecule has 0 bridgehead atoms. The number of aromatic nitrogens is 2. The molecule has 0 radical (unpaired) electrons. The van der Waals surface area contributed by atoms with Crippen LogP contribution in [0.4, 0.5) is 0 Å². The van der Waals surface area contributed by atoms with Crippen LogP contribution in [0, 0.1) is 0 Å². The molecule has 0 amide bonds. The SMILES string of the molecule is CCCc1ccccc1-c1ncncc1CCC. The fourth-order valence-electron chi connectivity index (χ4n) is 2.29. The van der Waals surface area contributed by atoms with E-state index in [1.807, 2.05) is 6.20 Å². The van der Waals surface area contributed by atoms with E-state index in [1.54, 1.807) is 6.33 Å². The van der Waals surface area contributed by atoms with Gasteiger partial charge in [0.05, 0.1) is 5.69 Å². The van der Waals surface area contributed by atoms with Gasteiger partial charge in [0.1, 0.15) is 6.33 Å². The van der Waals surface area contributed by atoms with Crippen molar-refractivity contribution in [2.75, 3.05) is 0 Å². The van der Waals surface area contributed by atoms with Crippen LogP contribution < -0.4 is 0 Å². The average Bonchev–Trinajstić information content (AvgIpc) is 2.41. The van der Waals surface area contributed by atoms with Crippen molar-refractivity contribution in [1.82, 2.24) is 9.97 Å². The van der Waals surface area contributed by atoms with Gasteiger partial charge in [-0.05, 0) is 24.0 Å². The molecule has 18 heavy (non-hydrogen) atoms. The number of rotatable bonds is 5. The van der Waals surface area contributed by atoms with Crippen LogP contribution in [0.2, 0.25) is 0 Å². The Bertz CT molecular complexity index is 458. The quantitative estimate of drug-likeness (QED) is 0.788. The van der Waals surface area contributed by atoms with E-state index in [2.05, 4.69) is 48.1 Å². The van der Waals surface area contributed by atoms with Crippen molar-refractivity contribution < 1.29 is 0 Å². The molecular formula is C16H20N2. The molecule has 0 unspecified atom stereocenters. The fourth-order valence-corrected chi connectivity index (χ4v) is 2.29. The van der Waals surface area contributed by atoms with Gasteiger partial charge >= 0.3 is 0 Å². The first-order valence-electron chi connectivity index (χ1n) is 6.74. The van der Waals surface area contributed by atoms with Crippen LogP contribution in [0.3, 0.4) is 0 Å². The normalized spacial score (nSPS) is 10.6. The topological polar surface area (TPSA) is 25.8 Å².